The van der Waals surface area contributed by atoms with Crippen molar-refractivity contribution < 1.29 is 4.52 Å². The summed E-state index contributed by atoms with van der Waals surface area (Å²) >= 11 is 0. The van der Waals surface area contributed by atoms with E-state index in [4.69, 9.17) is 10.3 Å². The van der Waals surface area contributed by atoms with Gasteiger partial charge in [-0.05, 0) is 18.7 Å². The lowest BCUT2D eigenvalue weighted by Gasteiger charge is -2.17. The van der Waals surface area contributed by atoms with Gasteiger partial charge in [-0.25, -0.2) is 0 Å². The van der Waals surface area contributed by atoms with Crippen LogP contribution in [0.3, 0.4) is 0 Å². The van der Waals surface area contributed by atoms with E-state index in [-0.39, 0.29) is 0 Å². The molecular formula is C14H19N3O. The van der Waals surface area contributed by atoms with Crippen LogP contribution in [0.4, 0.5) is 5.82 Å². The van der Waals surface area contributed by atoms with Crippen LogP contribution in [-0.4, -0.2) is 23.1 Å². The third-order valence-electron chi connectivity index (χ3n) is 3.07. The summed E-state index contributed by atoms with van der Waals surface area (Å²) in [6, 6.07) is 10.1. The lowest BCUT2D eigenvalue weighted by atomic mass is 10.1. The number of nitrogen functional groups attached to an aromatic ring is 1. The molecule has 0 atom stereocenters. The Kier molecular flexibility index (Phi) is 3.99. The molecule has 0 aliphatic heterocycles. The summed E-state index contributed by atoms with van der Waals surface area (Å²) in [5.74, 6) is 1.12. The molecule has 0 spiro atoms. The normalized spacial score (nSPS) is 11.1. The van der Waals surface area contributed by atoms with Crippen LogP contribution < -0.4 is 5.73 Å². The molecule has 0 fully saturated rings. The summed E-state index contributed by atoms with van der Waals surface area (Å²) < 4.78 is 5.13. The molecule has 2 rings (SSSR count). The molecule has 4 heteroatoms. The Labute approximate surface area is 107 Å². The van der Waals surface area contributed by atoms with Gasteiger partial charge in [-0.3, -0.25) is 4.90 Å². The Morgan fingerprint density at radius 1 is 1.17 bits per heavy atom. The molecule has 96 valence electrons. The third kappa shape index (κ3) is 2.90. The second-order valence-electron chi connectivity index (χ2n) is 4.27. The van der Waals surface area contributed by atoms with Gasteiger partial charge in [0.05, 0.1) is 0 Å². The Morgan fingerprint density at radius 3 is 2.33 bits per heavy atom. The van der Waals surface area contributed by atoms with Crippen LogP contribution in [0.1, 0.15) is 19.4 Å². The summed E-state index contributed by atoms with van der Waals surface area (Å²) in [6.45, 7) is 7.46. The van der Waals surface area contributed by atoms with E-state index >= 15 is 0 Å². The summed E-state index contributed by atoms with van der Waals surface area (Å²) in [4.78, 5) is 2.38. The van der Waals surface area contributed by atoms with E-state index < -0.39 is 0 Å². The molecule has 0 saturated heterocycles. The zero-order valence-corrected chi connectivity index (χ0v) is 10.9. The molecule has 0 aliphatic carbocycles. The van der Waals surface area contributed by atoms with E-state index in [9.17, 15) is 0 Å². The van der Waals surface area contributed by atoms with Crippen molar-refractivity contribution in [3.63, 3.8) is 0 Å². The van der Waals surface area contributed by atoms with E-state index in [2.05, 4.69) is 36.0 Å². The predicted octanol–water partition coefficient (Wildman–Crippen LogP) is 2.77. The topological polar surface area (TPSA) is 55.3 Å². The molecule has 2 aromatic rings. The van der Waals surface area contributed by atoms with Gasteiger partial charge in [-0.15, -0.1) is 0 Å². The van der Waals surface area contributed by atoms with Crippen molar-refractivity contribution in [1.82, 2.24) is 10.1 Å². The fourth-order valence-electron chi connectivity index (χ4n) is 1.90. The molecule has 0 bridgehead atoms. The fraction of sp³-hybridized carbons (Fsp3) is 0.357. The van der Waals surface area contributed by atoms with Gasteiger partial charge in [0.1, 0.15) is 0 Å². The first-order chi connectivity index (χ1) is 8.72. The molecule has 1 aromatic heterocycles. The van der Waals surface area contributed by atoms with Crippen LogP contribution in [0, 0.1) is 0 Å². The molecule has 1 heterocycles. The molecule has 2 N–H and O–H groups in total. The van der Waals surface area contributed by atoms with Crippen LogP contribution >= 0.6 is 0 Å². The van der Waals surface area contributed by atoms with E-state index in [0.29, 0.717) is 11.6 Å². The monoisotopic (exact) mass is 245 g/mol. The van der Waals surface area contributed by atoms with Gasteiger partial charge in [0.25, 0.3) is 0 Å². The highest BCUT2D eigenvalue weighted by Gasteiger charge is 2.05. The number of hydrogen-bond donors (Lipinski definition) is 1. The van der Waals surface area contributed by atoms with Crippen LogP contribution in [0.15, 0.2) is 34.9 Å². The predicted molar refractivity (Wildman–Crippen MR) is 73.0 cm³/mol. The van der Waals surface area contributed by atoms with Crippen molar-refractivity contribution in [1.29, 1.82) is 0 Å². The number of nitrogens with two attached hydrogens (primary N) is 1. The minimum atomic E-state index is 0.414. The Bertz CT molecular complexity index is 486. The number of anilines is 1. The average Bonchev–Trinajstić information content (AvgIpc) is 2.83. The second-order valence-corrected chi connectivity index (χ2v) is 4.27. The van der Waals surface area contributed by atoms with Gasteiger partial charge >= 0.3 is 0 Å². The van der Waals surface area contributed by atoms with Crippen molar-refractivity contribution in [2.45, 2.75) is 20.4 Å². The van der Waals surface area contributed by atoms with E-state index in [1.165, 1.54) is 5.56 Å². The highest BCUT2D eigenvalue weighted by molar-refractivity contribution is 5.60. The second kappa shape index (κ2) is 5.69. The van der Waals surface area contributed by atoms with Crippen LogP contribution in [0.5, 0.6) is 0 Å². The summed E-state index contributed by atoms with van der Waals surface area (Å²) in [6.07, 6.45) is 0. The van der Waals surface area contributed by atoms with Gasteiger partial charge in [-0.2, -0.15) is 0 Å². The van der Waals surface area contributed by atoms with Crippen molar-refractivity contribution in [2.75, 3.05) is 18.8 Å². The van der Waals surface area contributed by atoms with Crippen LogP contribution in [0.25, 0.3) is 11.3 Å². The van der Waals surface area contributed by atoms with Gasteiger partial charge in [-0.1, -0.05) is 43.3 Å². The van der Waals surface area contributed by atoms with Crippen molar-refractivity contribution in [3.8, 4) is 11.3 Å². The van der Waals surface area contributed by atoms with Crippen molar-refractivity contribution in [3.05, 3.63) is 35.9 Å². The first kappa shape index (κ1) is 12.6. The third-order valence-corrected chi connectivity index (χ3v) is 3.07. The highest BCUT2D eigenvalue weighted by Crippen LogP contribution is 2.21. The number of hydrogen-bond acceptors (Lipinski definition) is 4. The molecule has 0 saturated carbocycles. The standard InChI is InChI=1S/C14H19N3O/c1-3-17(4-2)10-11-5-7-12(8-6-11)13-9-14(15)16-18-13/h5-9H,3-4,10H2,1-2H3,(H2,15,16). The van der Waals surface area contributed by atoms with E-state index in [1.54, 1.807) is 6.07 Å². The number of nitrogens with zero attached hydrogens (tertiary/aromatic N) is 2. The zero-order valence-electron chi connectivity index (χ0n) is 10.9. The minimum Gasteiger partial charge on any atom is -0.381 e. The molecule has 0 radical (unpaired) electrons. The summed E-state index contributed by atoms with van der Waals surface area (Å²) in [7, 11) is 0. The van der Waals surface area contributed by atoms with Gasteiger partial charge in [0.2, 0.25) is 0 Å². The van der Waals surface area contributed by atoms with Gasteiger partial charge in [0, 0.05) is 18.2 Å². The summed E-state index contributed by atoms with van der Waals surface area (Å²) in [5.41, 5.74) is 7.84. The largest absolute Gasteiger partial charge is 0.381 e. The Hall–Kier alpha value is -1.81. The van der Waals surface area contributed by atoms with Gasteiger partial charge in [0.15, 0.2) is 11.6 Å². The van der Waals surface area contributed by atoms with Crippen LogP contribution in [-0.2, 0) is 6.54 Å². The summed E-state index contributed by atoms with van der Waals surface area (Å²) in [5, 5.41) is 3.68. The molecule has 4 nitrogen and oxygen atoms in total. The molecule has 1 aromatic carbocycles. The SMILES string of the molecule is CCN(CC)Cc1ccc(-c2cc(N)no2)cc1. The fourth-order valence-corrected chi connectivity index (χ4v) is 1.90. The quantitative estimate of drug-likeness (QED) is 0.880. The number of rotatable bonds is 5. The maximum atomic E-state index is 5.54. The van der Waals surface area contributed by atoms with E-state index in [0.717, 1.165) is 25.2 Å². The average molecular weight is 245 g/mol. The first-order valence-electron chi connectivity index (χ1n) is 6.26. The van der Waals surface area contributed by atoms with Crippen LogP contribution in [0.2, 0.25) is 0 Å². The molecule has 18 heavy (non-hydrogen) atoms. The lowest BCUT2D eigenvalue weighted by Crippen LogP contribution is -2.21. The Balaban J connectivity index is 2.10. The van der Waals surface area contributed by atoms with E-state index in [1.807, 2.05) is 12.1 Å². The molecule has 0 amide bonds. The maximum absolute atomic E-state index is 5.54. The Morgan fingerprint density at radius 2 is 1.83 bits per heavy atom. The van der Waals surface area contributed by atoms with Crippen molar-refractivity contribution in [2.24, 2.45) is 0 Å². The highest BCUT2D eigenvalue weighted by atomic mass is 16.5. The molecular weight excluding hydrogens is 226 g/mol. The first-order valence-corrected chi connectivity index (χ1v) is 6.26. The number of benzene rings is 1. The lowest BCUT2D eigenvalue weighted by molar-refractivity contribution is 0.296. The zero-order chi connectivity index (χ0) is 13.0. The van der Waals surface area contributed by atoms with Crippen molar-refractivity contribution >= 4 is 5.82 Å². The number of aromatic nitrogens is 1. The maximum Gasteiger partial charge on any atom is 0.169 e. The van der Waals surface area contributed by atoms with Gasteiger partial charge < -0.3 is 10.3 Å². The minimum absolute atomic E-state index is 0.414. The smallest absolute Gasteiger partial charge is 0.169 e. The molecule has 0 unspecified atom stereocenters. The molecule has 0 aliphatic rings.